The van der Waals surface area contributed by atoms with Gasteiger partial charge in [-0.05, 0) is 23.8 Å². The third kappa shape index (κ3) is 3.75. The average Bonchev–Trinajstić information content (AvgIpc) is 3.23. The second-order valence-electron chi connectivity index (χ2n) is 6.05. The standard InChI is InChI=1S/C23H17N3O/c27-23(20-9-5-2-6-10-20)16-13-18-11-14-21(15-12-18)26-22(17-24-25-26)19-7-3-1-4-8-19/h1-17H. The molecule has 4 rings (SSSR count). The van der Waals surface area contributed by atoms with E-state index in [1.165, 1.54) is 0 Å². The Hall–Kier alpha value is -3.79. The summed E-state index contributed by atoms with van der Waals surface area (Å²) >= 11 is 0. The summed E-state index contributed by atoms with van der Waals surface area (Å²) < 4.78 is 1.80. The first-order valence-corrected chi connectivity index (χ1v) is 8.65. The Balaban J connectivity index is 1.55. The van der Waals surface area contributed by atoms with Gasteiger partial charge in [0.25, 0.3) is 0 Å². The molecule has 0 saturated heterocycles. The first kappa shape index (κ1) is 16.7. The quantitative estimate of drug-likeness (QED) is 0.382. The molecule has 1 aromatic heterocycles. The van der Waals surface area contributed by atoms with Crippen molar-refractivity contribution in [1.82, 2.24) is 15.0 Å². The maximum absolute atomic E-state index is 12.2. The molecule has 0 spiro atoms. The van der Waals surface area contributed by atoms with Crippen LogP contribution < -0.4 is 0 Å². The molecule has 1 heterocycles. The van der Waals surface area contributed by atoms with E-state index >= 15 is 0 Å². The summed E-state index contributed by atoms with van der Waals surface area (Å²) in [5, 5.41) is 8.25. The number of allylic oxidation sites excluding steroid dienone is 1. The predicted molar refractivity (Wildman–Crippen MR) is 107 cm³/mol. The fourth-order valence-electron chi connectivity index (χ4n) is 2.83. The van der Waals surface area contributed by atoms with Gasteiger partial charge in [-0.2, -0.15) is 0 Å². The summed E-state index contributed by atoms with van der Waals surface area (Å²) in [6, 6.07) is 27.1. The zero-order chi connectivity index (χ0) is 18.5. The lowest BCUT2D eigenvalue weighted by Crippen LogP contribution is -1.99. The smallest absolute Gasteiger partial charge is 0.185 e. The highest BCUT2D eigenvalue weighted by molar-refractivity contribution is 6.06. The van der Waals surface area contributed by atoms with Crippen LogP contribution in [0.15, 0.2) is 97.2 Å². The summed E-state index contributed by atoms with van der Waals surface area (Å²) in [7, 11) is 0. The van der Waals surface area contributed by atoms with Crippen molar-refractivity contribution in [2.75, 3.05) is 0 Å². The molecule has 0 saturated carbocycles. The van der Waals surface area contributed by atoms with Crippen molar-refractivity contribution in [1.29, 1.82) is 0 Å². The molecule has 3 aromatic carbocycles. The third-order valence-electron chi connectivity index (χ3n) is 4.24. The maximum Gasteiger partial charge on any atom is 0.185 e. The van der Waals surface area contributed by atoms with Crippen molar-refractivity contribution in [3.63, 3.8) is 0 Å². The van der Waals surface area contributed by atoms with Gasteiger partial charge >= 0.3 is 0 Å². The van der Waals surface area contributed by atoms with Crippen LogP contribution in [0.1, 0.15) is 15.9 Å². The Morgan fingerprint density at radius 3 is 2.19 bits per heavy atom. The lowest BCUT2D eigenvalue weighted by atomic mass is 10.1. The highest BCUT2D eigenvalue weighted by Gasteiger charge is 2.08. The molecular weight excluding hydrogens is 334 g/mol. The van der Waals surface area contributed by atoms with E-state index < -0.39 is 0 Å². The molecule has 4 aromatic rings. The maximum atomic E-state index is 12.2. The van der Waals surface area contributed by atoms with Crippen LogP contribution in [-0.4, -0.2) is 20.8 Å². The van der Waals surface area contributed by atoms with E-state index in [2.05, 4.69) is 10.3 Å². The van der Waals surface area contributed by atoms with E-state index in [-0.39, 0.29) is 5.78 Å². The zero-order valence-corrected chi connectivity index (χ0v) is 14.6. The van der Waals surface area contributed by atoms with Gasteiger partial charge in [0.15, 0.2) is 5.78 Å². The third-order valence-corrected chi connectivity index (χ3v) is 4.24. The largest absolute Gasteiger partial charge is 0.289 e. The molecule has 0 fully saturated rings. The van der Waals surface area contributed by atoms with Gasteiger partial charge < -0.3 is 0 Å². The molecule has 0 atom stereocenters. The van der Waals surface area contributed by atoms with Crippen LogP contribution in [0, 0.1) is 0 Å². The molecule has 0 bridgehead atoms. The van der Waals surface area contributed by atoms with Crippen LogP contribution >= 0.6 is 0 Å². The van der Waals surface area contributed by atoms with Crippen molar-refractivity contribution in [2.24, 2.45) is 0 Å². The van der Waals surface area contributed by atoms with Crippen molar-refractivity contribution in [3.05, 3.63) is 108 Å². The van der Waals surface area contributed by atoms with Crippen molar-refractivity contribution < 1.29 is 4.79 Å². The van der Waals surface area contributed by atoms with Crippen LogP contribution in [0.2, 0.25) is 0 Å². The number of carbonyl (C=O) groups is 1. The van der Waals surface area contributed by atoms with Crippen LogP contribution in [-0.2, 0) is 0 Å². The Kier molecular flexibility index (Phi) is 4.70. The van der Waals surface area contributed by atoms with Gasteiger partial charge in [-0.15, -0.1) is 5.10 Å². The Morgan fingerprint density at radius 2 is 1.48 bits per heavy atom. The van der Waals surface area contributed by atoms with Crippen molar-refractivity contribution in [2.45, 2.75) is 0 Å². The fraction of sp³-hybridized carbons (Fsp3) is 0. The van der Waals surface area contributed by atoms with Crippen LogP contribution in [0.3, 0.4) is 0 Å². The molecular formula is C23H17N3O. The molecule has 0 radical (unpaired) electrons. The number of ketones is 1. The summed E-state index contributed by atoms with van der Waals surface area (Å²) in [6.45, 7) is 0. The topological polar surface area (TPSA) is 47.8 Å². The molecule has 4 nitrogen and oxygen atoms in total. The molecule has 0 amide bonds. The minimum atomic E-state index is -0.0117. The molecule has 0 aliphatic heterocycles. The molecule has 0 unspecified atom stereocenters. The van der Waals surface area contributed by atoms with Crippen molar-refractivity contribution >= 4 is 11.9 Å². The van der Waals surface area contributed by atoms with E-state index in [1.807, 2.05) is 91.0 Å². The van der Waals surface area contributed by atoms with Gasteiger partial charge in [-0.25, -0.2) is 4.68 Å². The summed E-state index contributed by atoms with van der Waals surface area (Å²) in [5.74, 6) is -0.0117. The van der Waals surface area contributed by atoms with E-state index in [0.29, 0.717) is 5.56 Å². The highest BCUT2D eigenvalue weighted by atomic mass is 16.1. The number of carbonyl (C=O) groups excluding carboxylic acids is 1. The van der Waals surface area contributed by atoms with Crippen LogP contribution in [0.4, 0.5) is 0 Å². The molecule has 4 heteroatoms. The number of aromatic nitrogens is 3. The minimum absolute atomic E-state index is 0.0117. The van der Waals surface area contributed by atoms with E-state index in [9.17, 15) is 4.79 Å². The van der Waals surface area contributed by atoms with Gasteiger partial charge in [-0.3, -0.25) is 4.79 Å². The number of nitrogens with zero attached hydrogens (tertiary/aromatic N) is 3. The first-order chi connectivity index (χ1) is 13.3. The van der Waals surface area contributed by atoms with E-state index in [1.54, 1.807) is 17.0 Å². The van der Waals surface area contributed by atoms with Crippen LogP contribution in [0.25, 0.3) is 23.0 Å². The molecule has 27 heavy (non-hydrogen) atoms. The van der Waals surface area contributed by atoms with Gasteiger partial charge in [0, 0.05) is 11.1 Å². The monoisotopic (exact) mass is 351 g/mol. The van der Waals surface area contributed by atoms with Crippen LogP contribution in [0.5, 0.6) is 0 Å². The molecule has 0 aliphatic carbocycles. The van der Waals surface area contributed by atoms with Gasteiger partial charge in [0.05, 0.1) is 17.6 Å². The number of benzene rings is 3. The van der Waals surface area contributed by atoms with E-state index in [0.717, 1.165) is 22.5 Å². The second-order valence-corrected chi connectivity index (χ2v) is 6.05. The molecule has 130 valence electrons. The number of hydrogen-bond donors (Lipinski definition) is 0. The van der Waals surface area contributed by atoms with Crippen molar-refractivity contribution in [3.8, 4) is 16.9 Å². The molecule has 0 N–H and O–H groups in total. The summed E-state index contributed by atoms with van der Waals surface area (Å²) in [5.41, 5.74) is 4.53. The minimum Gasteiger partial charge on any atom is -0.289 e. The van der Waals surface area contributed by atoms with Gasteiger partial charge in [0.1, 0.15) is 0 Å². The normalized spacial score (nSPS) is 11.0. The highest BCUT2D eigenvalue weighted by Crippen LogP contribution is 2.21. The number of hydrogen-bond acceptors (Lipinski definition) is 3. The number of rotatable bonds is 5. The lowest BCUT2D eigenvalue weighted by Gasteiger charge is -2.06. The first-order valence-electron chi connectivity index (χ1n) is 8.65. The fourth-order valence-corrected chi connectivity index (χ4v) is 2.83. The van der Waals surface area contributed by atoms with Gasteiger partial charge in [-0.1, -0.05) is 84.1 Å². The van der Waals surface area contributed by atoms with E-state index in [4.69, 9.17) is 0 Å². The summed E-state index contributed by atoms with van der Waals surface area (Å²) in [4.78, 5) is 12.2. The SMILES string of the molecule is O=C(C=Cc1ccc(-n2nncc2-c2ccccc2)cc1)c1ccccc1. The molecule has 0 aliphatic rings. The lowest BCUT2D eigenvalue weighted by molar-refractivity contribution is 0.104. The second kappa shape index (κ2) is 7.62. The summed E-state index contributed by atoms with van der Waals surface area (Å²) in [6.07, 6.45) is 5.16. The Bertz CT molecular complexity index is 1070. The zero-order valence-electron chi connectivity index (χ0n) is 14.6. The average molecular weight is 351 g/mol. The predicted octanol–water partition coefficient (Wildman–Crippen LogP) is 4.83. The Labute approximate surface area is 157 Å². The Morgan fingerprint density at radius 1 is 0.815 bits per heavy atom. The van der Waals surface area contributed by atoms with Gasteiger partial charge in [0.2, 0.25) is 0 Å².